The second-order valence-electron chi connectivity index (χ2n) is 8.03. The molecule has 3 aromatic rings. The number of aromatic nitrogens is 2. The first kappa shape index (κ1) is 23.9. The molecule has 0 unspecified atom stereocenters. The third-order valence-corrected chi connectivity index (χ3v) is 7.19. The second kappa shape index (κ2) is 9.95. The number of hydrogen-bond donors (Lipinski definition) is 3. The number of nitrogens with zero attached hydrogens (tertiary/aromatic N) is 3. The molecule has 4 rings (SSSR count). The maximum absolute atomic E-state index is 12.3. The van der Waals surface area contributed by atoms with Crippen molar-refractivity contribution >= 4 is 44.0 Å². The number of benzene rings is 1. The maximum atomic E-state index is 12.3. The first-order chi connectivity index (χ1) is 16.2. The molecule has 34 heavy (non-hydrogen) atoms. The van der Waals surface area contributed by atoms with Crippen LogP contribution in [0.1, 0.15) is 23.2 Å². The number of aliphatic hydroxyl groups is 1. The van der Waals surface area contributed by atoms with Gasteiger partial charge in [-0.1, -0.05) is 12.1 Å². The van der Waals surface area contributed by atoms with Crippen LogP contribution >= 0.6 is 11.3 Å². The Hall–Kier alpha value is -3.22. The lowest BCUT2D eigenvalue weighted by molar-refractivity contribution is -0.115. The van der Waals surface area contributed by atoms with E-state index in [1.54, 1.807) is 0 Å². The molecule has 3 N–H and O–H groups in total. The molecule has 1 aliphatic rings. The van der Waals surface area contributed by atoms with Gasteiger partial charge in [0, 0.05) is 42.1 Å². The van der Waals surface area contributed by atoms with Gasteiger partial charge in [-0.25, -0.2) is 13.4 Å². The van der Waals surface area contributed by atoms with Crippen molar-refractivity contribution < 1.29 is 23.1 Å². The number of hydrogen-bond acceptors (Lipinski definition) is 8. The van der Waals surface area contributed by atoms with Crippen LogP contribution in [0.2, 0.25) is 0 Å². The summed E-state index contributed by atoms with van der Waals surface area (Å²) in [5.41, 5.74) is 2.85. The number of nitrogens with one attached hydrogen (secondary N) is 2. The first-order valence-electron chi connectivity index (χ1n) is 10.6. The van der Waals surface area contributed by atoms with Gasteiger partial charge in [0.2, 0.25) is 15.9 Å². The number of amides is 2. The zero-order valence-corrected chi connectivity index (χ0v) is 20.1. The van der Waals surface area contributed by atoms with E-state index >= 15 is 0 Å². The van der Waals surface area contributed by atoms with Gasteiger partial charge in [0.25, 0.3) is 5.91 Å². The van der Waals surface area contributed by atoms with E-state index in [1.165, 1.54) is 29.8 Å². The lowest BCUT2D eigenvalue weighted by Crippen LogP contribution is -2.35. The Labute approximate surface area is 201 Å². The fourth-order valence-electron chi connectivity index (χ4n) is 3.59. The number of carbonyl (C=O) groups is 2. The minimum absolute atomic E-state index is 0.137. The molecule has 180 valence electrons. The smallest absolute Gasteiger partial charge is 0.253 e. The topological polar surface area (TPSA) is 134 Å². The van der Waals surface area contributed by atoms with Crippen LogP contribution in [0.4, 0.5) is 10.8 Å². The van der Waals surface area contributed by atoms with Crippen LogP contribution in [-0.2, 0) is 14.8 Å². The summed E-state index contributed by atoms with van der Waals surface area (Å²) in [6.45, 7) is 1.31. The molecule has 1 aliphatic heterocycles. The highest BCUT2D eigenvalue weighted by Crippen LogP contribution is 2.29. The third kappa shape index (κ3) is 5.82. The van der Waals surface area contributed by atoms with Crippen LogP contribution in [0.25, 0.3) is 11.3 Å². The predicted octanol–water partition coefficient (Wildman–Crippen LogP) is 1.75. The highest BCUT2D eigenvalue weighted by molar-refractivity contribution is 7.89. The Morgan fingerprint density at radius 3 is 2.71 bits per heavy atom. The molecule has 0 radical (unpaired) electrons. The molecular formula is C22H25N5O5S2. The van der Waals surface area contributed by atoms with Gasteiger partial charge >= 0.3 is 0 Å². The van der Waals surface area contributed by atoms with Gasteiger partial charge in [0.05, 0.1) is 30.2 Å². The predicted molar refractivity (Wildman–Crippen MR) is 131 cm³/mol. The Morgan fingerprint density at radius 2 is 2.00 bits per heavy atom. The second-order valence-corrected chi connectivity index (χ2v) is 10.8. The van der Waals surface area contributed by atoms with Crippen molar-refractivity contribution in [2.75, 3.05) is 36.1 Å². The number of aliphatic hydroxyl groups excluding tert-OH is 1. The fourth-order valence-corrected chi connectivity index (χ4v) is 4.92. The van der Waals surface area contributed by atoms with Crippen LogP contribution in [0.5, 0.6) is 0 Å². The Bertz CT molecular complexity index is 1290. The lowest BCUT2D eigenvalue weighted by atomic mass is 10.1. The lowest BCUT2D eigenvalue weighted by Gasteiger charge is -2.31. The van der Waals surface area contributed by atoms with Crippen molar-refractivity contribution in [2.45, 2.75) is 18.9 Å². The summed E-state index contributed by atoms with van der Waals surface area (Å²) in [6, 6.07) is 9.34. The summed E-state index contributed by atoms with van der Waals surface area (Å²) in [5, 5.41) is 17.1. The minimum Gasteiger partial charge on any atom is -0.393 e. The van der Waals surface area contributed by atoms with E-state index in [9.17, 15) is 23.1 Å². The molecule has 0 spiro atoms. The van der Waals surface area contributed by atoms with E-state index in [1.807, 2.05) is 29.6 Å². The van der Waals surface area contributed by atoms with Crippen molar-refractivity contribution in [1.82, 2.24) is 14.3 Å². The zero-order chi connectivity index (χ0) is 24.3. The van der Waals surface area contributed by atoms with Crippen molar-refractivity contribution in [3.8, 4) is 11.3 Å². The molecule has 0 atom stereocenters. The molecule has 3 heterocycles. The van der Waals surface area contributed by atoms with E-state index in [0.717, 1.165) is 53.1 Å². The number of rotatable bonds is 7. The van der Waals surface area contributed by atoms with Crippen LogP contribution in [-0.4, -0.2) is 66.3 Å². The molecule has 1 fully saturated rings. The summed E-state index contributed by atoms with van der Waals surface area (Å²) >= 11 is 1.28. The summed E-state index contributed by atoms with van der Waals surface area (Å²) in [6.07, 6.45) is 4.75. The Morgan fingerprint density at radius 1 is 1.24 bits per heavy atom. The molecule has 1 aromatic carbocycles. The summed E-state index contributed by atoms with van der Waals surface area (Å²) in [4.78, 5) is 31.2. The van der Waals surface area contributed by atoms with Crippen LogP contribution < -0.4 is 15.5 Å². The average Bonchev–Trinajstić information content (AvgIpc) is 3.48. The largest absolute Gasteiger partial charge is 0.393 e. The highest BCUT2D eigenvalue weighted by Gasteiger charge is 2.18. The monoisotopic (exact) mass is 503 g/mol. The van der Waals surface area contributed by atoms with Crippen LogP contribution in [0.15, 0.2) is 48.1 Å². The Balaban J connectivity index is 1.33. The van der Waals surface area contributed by atoms with Crippen LogP contribution in [0, 0.1) is 0 Å². The molecule has 0 bridgehead atoms. The highest BCUT2D eigenvalue weighted by atomic mass is 32.2. The van der Waals surface area contributed by atoms with E-state index in [0.29, 0.717) is 5.13 Å². The fraction of sp³-hybridized carbons (Fsp3) is 0.318. The summed E-state index contributed by atoms with van der Waals surface area (Å²) in [5.74, 6) is -1.00. The molecule has 0 saturated carbocycles. The third-order valence-electron chi connectivity index (χ3n) is 5.44. The molecule has 2 aromatic heterocycles. The molecule has 10 nitrogen and oxygen atoms in total. The van der Waals surface area contributed by atoms with Crippen molar-refractivity contribution in [1.29, 1.82) is 0 Å². The molecule has 1 saturated heterocycles. The van der Waals surface area contributed by atoms with Crippen molar-refractivity contribution in [3.63, 3.8) is 0 Å². The van der Waals surface area contributed by atoms with Crippen LogP contribution in [0.3, 0.4) is 0 Å². The van der Waals surface area contributed by atoms with Gasteiger partial charge in [-0.2, -0.15) is 0 Å². The van der Waals surface area contributed by atoms with Crippen molar-refractivity contribution in [2.24, 2.45) is 0 Å². The standard InChI is InChI=1S/C22H25N5O5S2/c1-34(31,32)27-10-5-16(13-27)21(30)23-12-20(29)25-22-24-19(14-33-22)15-3-2-4-17(11-15)26-8-6-18(28)7-9-26/h2-5,10-11,13-14,18,28H,6-9,12H2,1H3,(H,23,30)(H,24,25,29). The molecule has 2 amide bonds. The molecular weight excluding hydrogens is 478 g/mol. The molecule has 0 aliphatic carbocycles. The first-order valence-corrected chi connectivity index (χ1v) is 13.4. The SMILES string of the molecule is CS(=O)(=O)n1ccc(C(=O)NCC(=O)Nc2nc(-c3cccc(N4CCC(O)CC4)c3)cs2)c1. The summed E-state index contributed by atoms with van der Waals surface area (Å²) in [7, 11) is -3.48. The molecule has 12 heteroatoms. The minimum atomic E-state index is -3.48. The van der Waals surface area contributed by atoms with Crippen molar-refractivity contribution in [3.05, 3.63) is 53.7 Å². The van der Waals surface area contributed by atoms with E-state index in [2.05, 4.69) is 20.5 Å². The van der Waals surface area contributed by atoms with Gasteiger partial charge in [-0.3, -0.25) is 13.6 Å². The maximum Gasteiger partial charge on any atom is 0.253 e. The van der Waals surface area contributed by atoms with E-state index in [4.69, 9.17) is 0 Å². The Kier molecular flexibility index (Phi) is 7.00. The number of thiazole rings is 1. The zero-order valence-electron chi connectivity index (χ0n) is 18.5. The van der Waals surface area contributed by atoms with Gasteiger partial charge in [0.15, 0.2) is 5.13 Å². The van der Waals surface area contributed by atoms with Gasteiger partial charge < -0.3 is 20.6 Å². The van der Waals surface area contributed by atoms with Gasteiger partial charge in [0.1, 0.15) is 0 Å². The average molecular weight is 504 g/mol. The van der Waals surface area contributed by atoms with E-state index < -0.39 is 21.8 Å². The number of piperidine rings is 1. The number of carbonyl (C=O) groups excluding carboxylic acids is 2. The van der Waals surface area contributed by atoms with Gasteiger partial charge in [-0.05, 0) is 31.0 Å². The van der Waals surface area contributed by atoms with E-state index in [-0.39, 0.29) is 18.2 Å². The summed E-state index contributed by atoms with van der Waals surface area (Å²) < 4.78 is 23.9. The quantitative estimate of drug-likeness (QED) is 0.447. The number of anilines is 2. The van der Waals surface area contributed by atoms with Gasteiger partial charge in [-0.15, -0.1) is 11.3 Å². The normalized spacial score (nSPS) is 14.7.